The minimum absolute atomic E-state index is 0.0200. The Hall–Kier alpha value is -2.93. The van der Waals surface area contributed by atoms with Gasteiger partial charge in [-0.1, -0.05) is 17.7 Å². The van der Waals surface area contributed by atoms with Gasteiger partial charge < -0.3 is 14.8 Å². The summed E-state index contributed by atoms with van der Waals surface area (Å²) in [5.74, 6) is 0.152. The fourth-order valence-corrected chi connectivity index (χ4v) is 2.92. The number of halogens is 3. The summed E-state index contributed by atoms with van der Waals surface area (Å²) in [6.45, 7) is 0.859. The summed E-state index contributed by atoms with van der Waals surface area (Å²) in [7, 11) is 0. The molecule has 0 unspecified atom stereocenters. The molecule has 138 valence electrons. The Morgan fingerprint density at radius 2 is 1.85 bits per heavy atom. The maximum atomic E-state index is 13.7. The number of pyridine rings is 2. The lowest BCUT2D eigenvalue weighted by atomic mass is 10.1. The Balaban J connectivity index is 1.53. The van der Waals surface area contributed by atoms with Crippen LogP contribution >= 0.6 is 11.6 Å². The summed E-state index contributed by atoms with van der Waals surface area (Å²) in [5, 5.41) is 3.31. The SMILES string of the molecule is Fc1cccc(F)c1CNc1ccc(-c2nc3c(cc2Cl)OCCO3)cn1. The van der Waals surface area contributed by atoms with Gasteiger partial charge in [-0.2, -0.15) is 0 Å². The number of nitrogens with zero attached hydrogens (tertiary/aromatic N) is 2. The lowest BCUT2D eigenvalue weighted by molar-refractivity contribution is 0.164. The second-order valence-electron chi connectivity index (χ2n) is 5.80. The summed E-state index contributed by atoms with van der Waals surface area (Å²) in [6, 6.07) is 8.86. The number of hydrogen-bond donors (Lipinski definition) is 1. The fraction of sp³-hybridized carbons (Fsp3) is 0.158. The van der Waals surface area contributed by atoms with E-state index in [1.807, 2.05) is 0 Å². The topological polar surface area (TPSA) is 56.3 Å². The number of hydrogen-bond acceptors (Lipinski definition) is 5. The Morgan fingerprint density at radius 3 is 2.59 bits per heavy atom. The number of ether oxygens (including phenoxy) is 2. The Morgan fingerprint density at radius 1 is 1.07 bits per heavy atom. The highest BCUT2D eigenvalue weighted by Gasteiger charge is 2.18. The molecular weight excluding hydrogens is 376 g/mol. The molecule has 0 spiro atoms. The van der Waals surface area contributed by atoms with E-state index in [4.69, 9.17) is 21.1 Å². The largest absolute Gasteiger partial charge is 0.484 e. The van der Waals surface area contributed by atoms with Crippen LogP contribution in [-0.2, 0) is 6.54 Å². The van der Waals surface area contributed by atoms with E-state index in [2.05, 4.69) is 15.3 Å². The van der Waals surface area contributed by atoms with Crippen molar-refractivity contribution in [3.8, 4) is 22.9 Å². The molecule has 0 saturated carbocycles. The third kappa shape index (κ3) is 3.64. The predicted octanol–water partition coefficient (Wildman–Crippen LogP) is 4.46. The van der Waals surface area contributed by atoms with E-state index in [1.54, 1.807) is 24.4 Å². The van der Waals surface area contributed by atoms with Gasteiger partial charge in [-0.05, 0) is 24.3 Å². The van der Waals surface area contributed by atoms with Gasteiger partial charge in [-0.3, -0.25) is 0 Å². The van der Waals surface area contributed by atoms with Crippen LogP contribution in [0.5, 0.6) is 11.6 Å². The van der Waals surface area contributed by atoms with Gasteiger partial charge in [0.25, 0.3) is 5.88 Å². The highest BCUT2D eigenvalue weighted by Crippen LogP contribution is 2.36. The van der Waals surface area contributed by atoms with E-state index >= 15 is 0 Å². The summed E-state index contributed by atoms with van der Waals surface area (Å²) in [5.41, 5.74) is 1.15. The number of fused-ring (bicyclic) bond motifs is 1. The minimum Gasteiger partial charge on any atom is -0.484 e. The molecule has 5 nitrogen and oxygen atoms in total. The van der Waals surface area contributed by atoms with Crippen molar-refractivity contribution in [2.45, 2.75) is 6.54 Å². The van der Waals surface area contributed by atoms with E-state index in [0.29, 0.717) is 46.9 Å². The van der Waals surface area contributed by atoms with Crippen LogP contribution < -0.4 is 14.8 Å². The molecule has 27 heavy (non-hydrogen) atoms. The first-order chi connectivity index (χ1) is 13.1. The molecule has 0 atom stereocenters. The van der Waals surface area contributed by atoms with Gasteiger partial charge in [-0.25, -0.2) is 18.7 Å². The number of benzene rings is 1. The van der Waals surface area contributed by atoms with Crippen LogP contribution in [0.25, 0.3) is 11.3 Å². The molecule has 3 heterocycles. The summed E-state index contributed by atoms with van der Waals surface area (Å²) >= 11 is 6.29. The molecule has 0 fully saturated rings. The van der Waals surface area contributed by atoms with Crippen LogP contribution in [0.15, 0.2) is 42.6 Å². The first-order valence-corrected chi connectivity index (χ1v) is 8.59. The summed E-state index contributed by atoms with van der Waals surface area (Å²) in [4.78, 5) is 8.65. The van der Waals surface area contributed by atoms with E-state index in [9.17, 15) is 8.78 Å². The highest BCUT2D eigenvalue weighted by molar-refractivity contribution is 6.33. The van der Waals surface area contributed by atoms with Crippen LogP contribution in [0.2, 0.25) is 5.02 Å². The predicted molar refractivity (Wildman–Crippen MR) is 97.2 cm³/mol. The zero-order valence-corrected chi connectivity index (χ0v) is 14.8. The smallest absolute Gasteiger partial charge is 0.257 e. The lowest BCUT2D eigenvalue weighted by Crippen LogP contribution is -2.16. The van der Waals surface area contributed by atoms with Crippen LogP contribution in [0.1, 0.15) is 5.56 Å². The molecule has 1 aromatic carbocycles. The van der Waals surface area contributed by atoms with Gasteiger partial charge in [-0.15, -0.1) is 0 Å². The monoisotopic (exact) mass is 389 g/mol. The fourth-order valence-electron chi connectivity index (χ4n) is 2.67. The number of aromatic nitrogens is 2. The molecule has 0 aliphatic carbocycles. The molecule has 0 saturated heterocycles. The molecule has 3 aromatic rings. The van der Waals surface area contributed by atoms with Crippen LogP contribution in [0, 0.1) is 11.6 Å². The van der Waals surface area contributed by atoms with Crippen molar-refractivity contribution < 1.29 is 18.3 Å². The van der Waals surface area contributed by atoms with Crippen molar-refractivity contribution in [1.82, 2.24) is 9.97 Å². The van der Waals surface area contributed by atoms with Crippen LogP contribution in [0.4, 0.5) is 14.6 Å². The van der Waals surface area contributed by atoms with Crippen molar-refractivity contribution in [3.05, 3.63) is 64.8 Å². The van der Waals surface area contributed by atoms with Crippen molar-refractivity contribution in [2.75, 3.05) is 18.5 Å². The van der Waals surface area contributed by atoms with E-state index in [-0.39, 0.29) is 12.1 Å². The van der Waals surface area contributed by atoms with Gasteiger partial charge in [0.1, 0.15) is 30.7 Å². The number of rotatable bonds is 4. The molecule has 8 heteroatoms. The maximum Gasteiger partial charge on any atom is 0.257 e. The average molecular weight is 390 g/mol. The Kier molecular flexibility index (Phi) is 4.77. The molecule has 0 amide bonds. The standard InChI is InChI=1S/C19H14ClF2N3O2/c20-13-8-16-19(27-7-6-26-16)25-18(13)11-4-5-17(23-9-11)24-10-12-14(21)2-1-3-15(12)22/h1-5,8-9H,6-7,10H2,(H,23,24). The summed E-state index contributed by atoms with van der Waals surface area (Å²) < 4.78 is 38.3. The lowest BCUT2D eigenvalue weighted by Gasteiger charge is -2.18. The van der Waals surface area contributed by atoms with E-state index in [0.717, 1.165) is 0 Å². The highest BCUT2D eigenvalue weighted by atomic mass is 35.5. The summed E-state index contributed by atoms with van der Waals surface area (Å²) in [6.07, 6.45) is 1.57. The Labute approximate surface area is 158 Å². The van der Waals surface area contributed by atoms with Crippen molar-refractivity contribution in [1.29, 1.82) is 0 Å². The zero-order valence-electron chi connectivity index (χ0n) is 14.0. The third-order valence-electron chi connectivity index (χ3n) is 4.03. The van der Waals surface area contributed by atoms with Gasteiger partial charge in [0.05, 0.1) is 10.7 Å². The number of anilines is 1. The van der Waals surface area contributed by atoms with Crippen LogP contribution in [-0.4, -0.2) is 23.2 Å². The van der Waals surface area contributed by atoms with Crippen LogP contribution in [0.3, 0.4) is 0 Å². The number of nitrogens with one attached hydrogen (secondary N) is 1. The van der Waals surface area contributed by atoms with E-state index < -0.39 is 11.6 Å². The first-order valence-electron chi connectivity index (χ1n) is 8.21. The van der Waals surface area contributed by atoms with Crippen molar-refractivity contribution in [3.63, 3.8) is 0 Å². The van der Waals surface area contributed by atoms with Gasteiger partial charge in [0, 0.05) is 29.9 Å². The first kappa shape index (κ1) is 17.5. The molecule has 0 radical (unpaired) electrons. The maximum absolute atomic E-state index is 13.7. The minimum atomic E-state index is -0.605. The Bertz CT molecular complexity index is 963. The molecule has 0 bridgehead atoms. The molecule has 1 N–H and O–H groups in total. The normalized spacial score (nSPS) is 12.7. The molecule has 4 rings (SSSR count). The van der Waals surface area contributed by atoms with Gasteiger partial charge in [0.2, 0.25) is 0 Å². The quantitative estimate of drug-likeness (QED) is 0.714. The van der Waals surface area contributed by atoms with Gasteiger partial charge in [0.15, 0.2) is 5.75 Å². The van der Waals surface area contributed by atoms with Crippen molar-refractivity contribution in [2.24, 2.45) is 0 Å². The van der Waals surface area contributed by atoms with Crippen molar-refractivity contribution >= 4 is 17.4 Å². The second-order valence-corrected chi connectivity index (χ2v) is 6.21. The molecular formula is C19H14ClF2N3O2. The molecule has 2 aromatic heterocycles. The zero-order chi connectivity index (χ0) is 18.8. The molecule has 1 aliphatic heterocycles. The van der Waals surface area contributed by atoms with E-state index in [1.165, 1.54) is 18.2 Å². The average Bonchev–Trinajstić information content (AvgIpc) is 2.68. The molecule has 1 aliphatic rings. The third-order valence-corrected chi connectivity index (χ3v) is 4.32. The second kappa shape index (κ2) is 7.36. The van der Waals surface area contributed by atoms with Gasteiger partial charge >= 0.3 is 0 Å².